The highest BCUT2D eigenvalue weighted by molar-refractivity contribution is 5.18. The summed E-state index contributed by atoms with van der Waals surface area (Å²) in [4.78, 5) is 2.28. The lowest BCUT2D eigenvalue weighted by Gasteiger charge is -2.39. The van der Waals surface area contributed by atoms with E-state index in [2.05, 4.69) is 11.8 Å². The molecule has 1 aromatic rings. The second-order valence-electron chi connectivity index (χ2n) is 5.14. The molecule has 1 heterocycles. The maximum atomic E-state index is 13.2. The smallest absolute Gasteiger partial charge is 0.159 e. The topological polar surface area (TPSA) is 29.3 Å². The Morgan fingerprint density at radius 2 is 2.11 bits per heavy atom. The first-order chi connectivity index (χ1) is 8.61. The van der Waals surface area contributed by atoms with E-state index >= 15 is 0 Å². The third-order valence-corrected chi connectivity index (χ3v) is 3.84. The first-order valence-electron chi connectivity index (χ1n) is 6.50. The maximum absolute atomic E-state index is 13.2. The number of rotatable bonds is 3. The predicted molar refractivity (Wildman–Crippen MR) is 68.0 cm³/mol. The van der Waals surface area contributed by atoms with Crippen molar-refractivity contribution in [2.75, 3.05) is 13.1 Å². The van der Waals surface area contributed by atoms with E-state index in [4.69, 9.17) is 5.73 Å². The molecule has 0 aromatic heterocycles. The van der Waals surface area contributed by atoms with Crippen molar-refractivity contribution in [3.05, 3.63) is 35.4 Å². The van der Waals surface area contributed by atoms with Gasteiger partial charge in [0.05, 0.1) is 0 Å². The van der Waals surface area contributed by atoms with Gasteiger partial charge in [-0.3, -0.25) is 4.90 Å². The summed E-state index contributed by atoms with van der Waals surface area (Å²) in [6.07, 6.45) is 2.33. The van der Waals surface area contributed by atoms with E-state index in [0.29, 0.717) is 25.0 Å². The summed E-state index contributed by atoms with van der Waals surface area (Å²) in [6, 6.07) is 4.45. The molecule has 1 fully saturated rings. The lowest BCUT2D eigenvalue weighted by Crippen LogP contribution is -2.48. The summed E-state index contributed by atoms with van der Waals surface area (Å²) in [7, 11) is 0. The van der Waals surface area contributed by atoms with Crippen LogP contribution >= 0.6 is 0 Å². The van der Waals surface area contributed by atoms with E-state index in [1.54, 1.807) is 6.07 Å². The van der Waals surface area contributed by atoms with Crippen LogP contribution in [0.4, 0.5) is 8.78 Å². The first kappa shape index (κ1) is 13.4. The molecule has 1 aliphatic rings. The fourth-order valence-corrected chi connectivity index (χ4v) is 2.78. The van der Waals surface area contributed by atoms with E-state index in [1.807, 2.05) is 0 Å². The molecule has 2 atom stereocenters. The fourth-order valence-electron chi connectivity index (χ4n) is 2.78. The normalized spacial score (nSPS) is 25.3. The van der Waals surface area contributed by atoms with Gasteiger partial charge in [-0.25, -0.2) is 8.78 Å². The summed E-state index contributed by atoms with van der Waals surface area (Å²) < 4.78 is 26.0. The molecule has 0 amide bonds. The van der Waals surface area contributed by atoms with Crippen molar-refractivity contribution in [3.63, 3.8) is 0 Å². The molecule has 2 N–H and O–H groups in total. The van der Waals surface area contributed by atoms with Crippen LogP contribution in [0.25, 0.3) is 0 Å². The molecule has 0 aliphatic carbocycles. The average Bonchev–Trinajstić information content (AvgIpc) is 2.34. The van der Waals surface area contributed by atoms with Gasteiger partial charge in [-0.05, 0) is 43.0 Å². The molecule has 0 bridgehead atoms. The van der Waals surface area contributed by atoms with Crippen molar-refractivity contribution in [1.82, 2.24) is 4.90 Å². The Morgan fingerprint density at radius 1 is 1.33 bits per heavy atom. The minimum Gasteiger partial charge on any atom is -0.329 e. The number of halogens is 2. The lowest BCUT2D eigenvalue weighted by molar-refractivity contribution is 0.0989. The van der Waals surface area contributed by atoms with E-state index in [9.17, 15) is 8.78 Å². The molecule has 4 heteroatoms. The average molecular weight is 254 g/mol. The third-order valence-electron chi connectivity index (χ3n) is 3.84. The largest absolute Gasteiger partial charge is 0.329 e. The molecule has 0 radical (unpaired) electrons. The minimum absolute atomic E-state index is 0.340. The number of hydrogen-bond acceptors (Lipinski definition) is 2. The SMILES string of the molecule is CC1CCCN(Cc2ccc(F)c(F)c2)C1CN. The molecule has 1 saturated heterocycles. The van der Waals surface area contributed by atoms with Crippen LogP contribution in [0, 0.1) is 17.6 Å². The number of benzene rings is 1. The van der Waals surface area contributed by atoms with Crippen LogP contribution in [0.1, 0.15) is 25.3 Å². The monoisotopic (exact) mass is 254 g/mol. The lowest BCUT2D eigenvalue weighted by atomic mass is 9.90. The van der Waals surface area contributed by atoms with Crippen LogP contribution in [0.5, 0.6) is 0 Å². The van der Waals surface area contributed by atoms with Gasteiger partial charge in [0.1, 0.15) is 0 Å². The van der Waals surface area contributed by atoms with Gasteiger partial charge in [0, 0.05) is 19.1 Å². The molecule has 2 unspecified atom stereocenters. The molecule has 18 heavy (non-hydrogen) atoms. The van der Waals surface area contributed by atoms with E-state index in [0.717, 1.165) is 18.5 Å². The van der Waals surface area contributed by atoms with Gasteiger partial charge in [-0.15, -0.1) is 0 Å². The molecule has 100 valence electrons. The Kier molecular flexibility index (Phi) is 4.30. The van der Waals surface area contributed by atoms with Gasteiger partial charge in [0.15, 0.2) is 11.6 Å². The Labute approximate surface area is 107 Å². The van der Waals surface area contributed by atoms with Crippen molar-refractivity contribution in [1.29, 1.82) is 0 Å². The summed E-state index contributed by atoms with van der Waals surface area (Å²) in [6.45, 7) is 4.44. The van der Waals surface area contributed by atoms with Gasteiger partial charge < -0.3 is 5.73 Å². The Balaban J connectivity index is 2.09. The Bertz CT molecular complexity index is 409. The van der Waals surface area contributed by atoms with Gasteiger partial charge in [0.2, 0.25) is 0 Å². The van der Waals surface area contributed by atoms with Crippen molar-refractivity contribution in [3.8, 4) is 0 Å². The van der Waals surface area contributed by atoms with Crippen LogP contribution in [-0.4, -0.2) is 24.0 Å². The second-order valence-corrected chi connectivity index (χ2v) is 5.14. The highest BCUT2D eigenvalue weighted by atomic mass is 19.2. The number of hydrogen-bond donors (Lipinski definition) is 1. The van der Waals surface area contributed by atoms with E-state index in [1.165, 1.54) is 18.6 Å². The molecule has 0 spiro atoms. The van der Waals surface area contributed by atoms with Gasteiger partial charge in [-0.1, -0.05) is 13.0 Å². The van der Waals surface area contributed by atoms with Gasteiger partial charge in [0.25, 0.3) is 0 Å². The summed E-state index contributed by atoms with van der Waals surface area (Å²) >= 11 is 0. The molecule has 2 rings (SSSR count). The second kappa shape index (κ2) is 5.76. The fraction of sp³-hybridized carbons (Fsp3) is 0.571. The zero-order valence-corrected chi connectivity index (χ0v) is 10.7. The zero-order valence-electron chi connectivity index (χ0n) is 10.7. The van der Waals surface area contributed by atoms with E-state index < -0.39 is 11.6 Å². The van der Waals surface area contributed by atoms with Crippen LogP contribution in [0.15, 0.2) is 18.2 Å². The molecule has 0 saturated carbocycles. The standard InChI is InChI=1S/C14H20F2N2/c1-10-3-2-6-18(14(10)8-17)9-11-4-5-12(15)13(16)7-11/h4-5,7,10,14H,2-3,6,8-9,17H2,1H3. The van der Waals surface area contributed by atoms with E-state index in [-0.39, 0.29) is 0 Å². The van der Waals surface area contributed by atoms with Gasteiger partial charge >= 0.3 is 0 Å². The third kappa shape index (κ3) is 2.87. The summed E-state index contributed by atoms with van der Waals surface area (Å²) in [5.41, 5.74) is 6.62. The predicted octanol–water partition coefficient (Wildman–Crippen LogP) is 2.52. The first-order valence-corrected chi connectivity index (χ1v) is 6.50. The summed E-state index contributed by atoms with van der Waals surface area (Å²) in [5.74, 6) is -1.00. The molecule has 2 nitrogen and oxygen atoms in total. The van der Waals surface area contributed by atoms with Crippen LogP contribution in [-0.2, 0) is 6.54 Å². The van der Waals surface area contributed by atoms with Crippen molar-refractivity contribution < 1.29 is 8.78 Å². The van der Waals surface area contributed by atoms with Crippen LogP contribution < -0.4 is 5.73 Å². The van der Waals surface area contributed by atoms with Crippen LogP contribution in [0.2, 0.25) is 0 Å². The Hall–Kier alpha value is -1.00. The zero-order chi connectivity index (χ0) is 13.1. The Morgan fingerprint density at radius 3 is 2.78 bits per heavy atom. The minimum atomic E-state index is -0.791. The number of nitrogens with two attached hydrogens (primary N) is 1. The van der Waals surface area contributed by atoms with Crippen molar-refractivity contribution in [2.24, 2.45) is 11.7 Å². The highest BCUT2D eigenvalue weighted by Crippen LogP contribution is 2.24. The van der Waals surface area contributed by atoms with Crippen LogP contribution in [0.3, 0.4) is 0 Å². The molecule has 1 aromatic carbocycles. The quantitative estimate of drug-likeness (QED) is 0.898. The number of piperidine rings is 1. The highest BCUT2D eigenvalue weighted by Gasteiger charge is 2.27. The molecule has 1 aliphatic heterocycles. The van der Waals surface area contributed by atoms with Crippen molar-refractivity contribution >= 4 is 0 Å². The maximum Gasteiger partial charge on any atom is 0.159 e. The number of likely N-dealkylation sites (tertiary alicyclic amines) is 1. The summed E-state index contributed by atoms with van der Waals surface area (Å²) in [5, 5.41) is 0. The van der Waals surface area contributed by atoms with Crippen molar-refractivity contribution in [2.45, 2.75) is 32.4 Å². The molecular weight excluding hydrogens is 234 g/mol. The van der Waals surface area contributed by atoms with Gasteiger partial charge in [-0.2, -0.15) is 0 Å². The molecular formula is C14H20F2N2. The number of nitrogens with zero attached hydrogens (tertiary/aromatic N) is 1.